The zero-order valence-corrected chi connectivity index (χ0v) is 7.59. The molecule has 0 bridgehead atoms. The van der Waals surface area contributed by atoms with Gasteiger partial charge in [0.05, 0.1) is 0 Å². The first kappa shape index (κ1) is 10.4. The lowest BCUT2D eigenvalue weighted by Crippen LogP contribution is -2.38. The van der Waals surface area contributed by atoms with Crippen LogP contribution in [0.2, 0.25) is 0 Å². The predicted molar refractivity (Wildman–Crippen MR) is 45.9 cm³/mol. The van der Waals surface area contributed by atoms with Gasteiger partial charge in [-0.1, -0.05) is 0 Å². The normalized spacial score (nSPS) is 30.1. The maximum atomic E-state index is 13.0. The van der Waals surface area contributed by atoms with E-state index in [0.29, 0.717) is 13.1 Å². The number of carbonyl (C=O) groups is 1. The number of carbonyl (C=O) groups excluding carboxylic acids is 1. The van der Waals surface area contributed by atoms with Crippen LogP contribution in [0.4, 0.5) is 4.39 Å². The van der Waals surface area contributed by atoms with Crippen molar-refractivity contribution in [2.45, 2.75) is 19.2 Å². The first-order valence-electron chi connectivity index (χ1n) is 4.42. The first-order valence-corrected chi connectivity index (χ1v) is 4.42. The minimum Gasteiger partial charge on any atom is -0.384 e. The van der Waals surface area contributed by atoms with E-state index >= 15 is 0 Å². The Labute approximate surface area is 76.5 Å². The summed E-state index contributed by atoms with van der Waals surface area (Å²) in [6.45, 7) is 2.61. The van der Waals surface area contributed by atoms with E-state index in [1.54, 1.807) is 0 Å². The van der Waals surface area contributed by atoms with Gasteiger partial charge in [0.2, 0.25) is 5.91 Å². The molecule has 3 unspecified atom stereocenters. The molecule has 1 saturated heterocycles. The molecule has 13 heavy (non-hydrogen) atoms. The van der Waals surface area contributed by atoms with E-state index in [-0.39, 0.29) is 12.5 Å². The monoisotopic (exact) mass is 190 g/mol. The number of halogens is 1. The Morgan fingerprint density at radius 2 is 2.46 bits per heavy atom. The quantitative estimate of drug-likeness (QED) is 0.537. The Morgan fingerprint density at radius 1 is 1.77 bits per heavy atom. The van der Waals surface area contributed by atoms with Crippen molar-refractivity contribution < 1.29 is 14.3 Å². The highest BCUT2D eigenvalue weighted by Gasteiger charge is 2.27. The van der Waals surface area contributed by atoms with Crippen LogP contribution in [0, 0.1) is 5.92 Å². The molecule has 0 aromatic rings. The van der Waals surface area contributed by atoms with Crippen molar-refractivity contribution in [3.05, 3.63) is 0 Å². The molecule has 1 aliphatic rings. The van der Waals surface area contributed by atoms with Crippen molar-refractivity contribution in [3.63, 3.8) is 0 Å². The average molecular weight is 190 g/mol. The van der Waals surface area contributed by atoms with E-state index in [2.05, 4.69) is 10.6 Å². The number of amides is 1. The lowest BCUT2D eigenvalue weighted by atomic mass is 10.1. The summed E-state index contributed by atoms with van der Waals surface area (Å²) in [7, 11) is 0. The van der Waals surface area contributed by atoms with Crippen LogP contribution >= 0.6 is 0 Å². The summed E-state index contributed by atoms with van der Waals surface area (Å²) in [6.07, 6.45) is -1.92. The molecule has 1 amide bonds. The van der Waals surface area contributed by atoms with Gasteiger partial charge in [-0.25, -0.2) is 4.39 Å². The molecule has 0 aliphatic carbocycles. The van der Waals surface area contributed by atoms with Gasteiger partial charge in [0.1, 0.15) is 12.3 Å². The van der Waals surface area contributed by atoms with Crippen molar-refractivity contribution >= 4 is 5.91 Å². The molecule has 4 nitrogen and oxygen atoms in total. The van der Waals surface area contributed by atoms with E-state index in [1.807, 2.05) is 0 Å². The van der Waals surface area contributed by atoms with Gasteiger partial charge in [-0.2, -0.15) is 0 Å². The van der Waals surface area contributed by atoms with Crippen LogP contribution in [0.25, 0.3) is 0 Å². The minimum absolute atomic E-state index is 0.164. The molecule has 0 aromatic carbocycles. The predicted octanol–water partition coefficient (Wildman–Crippen LogP) is -0.959. The van der Waals surface area contributed by atoms with Gasteiger partial charge in [0.25, 0.3) is 0 Å². The second-order valence-corrected chi connectivity index (χ2v) is 3.36. The van der Waals surface area contributed by atoms with Gasteiger partial charge in [-0.05, 0) is 6.92 Å². The summed E-state index contributed by atoms with van der Waals surface area (Å²) < 4.78 is 13.0. The van der Waals surface area contributed by atoms with Crippen LogP contribution in [-0.4, -0.2) is 42.9 Å². The fraction of sp³-hybridized carbons (Fsp3) is 0.875. The van der Waals surface area contributed by atoms with Crippen molar-refractivity contribution in [1.82, 2.24) is 10.6 Å². The van der Waals surface area contributed by atoms with Gasteiger partial charge in [-0.15, -0.1) is 0 Å². The Hall–Kier alpha value is -0.680. The highest BCUT2D eigenvalue weighted by Crippen LogP contribution is 2.10. The molecule has 1 rings (SSSR count). The summed E-state index contributed by atoms with van der Waals surface area (Å²) in [5.74, 6) is -0.609. The number of nitrogens with one attached hydrogen (secondary N) is 2. The highest BCUT2D eigenvalue weighted by molar-refractivity contribution is 5.79. The van der Waals surface area contributed by atoms with E-state index in [4.69, 9.17) is 5.11 Å². The zero-order chi connectivity index (χ0) is 9.84. The summed E-state index contributed by atoms with van der Waals surface area (Å²) in [4.78, 5) is 10.9. The molecule has 5 heteroatoms. The molecule has 3 atom stereocenters. The SMILES string of the molecule is CC(O)C(=O)NCC1CNCC1F. The molecule has 76 valence electrons. The third-order valence-electron chi connectivity index (χ3n) is 2.18. The van der Waals surface area contributed by atoms with Gasteiger partial charge in [-0.3, -0.25) is 4.79 Å². The van der Waals surface area contributed by atoms with Crippen LogP contribution in [0.5, 0.6) is 0 Å². The van der Waals surface area contributed by atoms with Gasteiger partial charge in [0, 0.05) is 25.6 Å². The molecule has 0 aromatic heterocycles. The lowest BCUT2D eigenvalue weighted by Gasteiger charge is -2.13. The fourth-order valence-electron chi connectivity index (χ4n) is 1.28. The molecule has 0 saturated carbocycles. The summed E-state index contributed by atoms with van der Waals surface area (Å²) in [5.41, 5.74) is 0. The second kappa shape index (κ2) is 4.53. The molecular formula is C8H15FN2O2. The number of aliphatic hydroxyl groups excluding tert-OH is 1. The number of rotatable bonds is 3. The third kappa shape index (κ3) is 2.93. The van der Waals surface area contributed by atoms with Crippen molar-refractivity contribution in [2.24, 2.45) is 5.92 Å². The zero-order valence-electron chi connectivity index (χ0n) is 7.59. The number of hydrogen-bond acceptors (Lipinski definition) is 3. The van der Waals surface area contributed by atoms with Gasteiger partial charge in [0.15, 0.2) is 0 Å². The number of alkyl halides is 1. The first-order chi connectivity index (χ1) is 6.11. The fourth-order valence-corrected chi connectivity index (χ4v) is 1.28. The van der Waals surface area contributed by atoms with E-state index in [1.165, 1.54) is 6.92 Å². The van der Waals surface area contributed by atoms with Crippen LogP contribution in [-0.2, 0) is 4.79 Å². The molecule has 0 radical (unpaired) electrons. The highest BCUT2D eigenvalue weighted by atomic mass is 19.1. The van der Waals surface area contributed by atoms with E-state index in [9.17, 15) is 9.18 Å². The number of aliphatic hydroxyl groups is 1. The average Bonchev–Trinajstić information content (AvgIpc) is 2.47. The van der Waals surface area contributed by atoms with Crippen LogP contribution in [0.1, 0.15) is 6.92 Å². The minimum atomic E-state index is -1.02. The Bertz CT molecular complexity index is 187. The molecular weight excluding hydrogens is 175 g/mol. The van der Waals surface area contributed by atoms with Gasteiger partial charge < -0.3 is 15.7 Å². The molecule has 1 fully saturated rings. The third-order valence-corrected chi connectivity index (χ3v) is 2.18. The van der Waals surface area contributed by atoms with Crippen molar-refractivity contribution in [2.75, 3.05) is 19.6 Å². The Kier molecular flexibility index (Phi) is 3.62. The van der Waals surface area contributed by atoms with Crippen LogP contribution < -0.4 is 10.6 Å². The van der Waals surface area contributed by atoms with Crippen molar-refractivity contribution in [1.29, 1.82) is 0 Å². The molecule has 1 heterocycles. The van der Waals surface area contributed by atoms with Crippen LogP contribution in [0.3, 0.4) is 0 Å². The van der Waals surface area contributed by atoms with Crippen LogP contribution in [0.15, 0.2) is 0 Å². The van der Waals surface area contributed by atoms with Gasteiger partial charge >= 0.3 is 0 Å². The Morgan fingerprint density at radius 3 is 2.92 bits per heavy atom. The summed E-state index contributed by atoms with van der Waals surface area (Å²) in [6, 6.07) is 0. The lowest BCUT2D eigenvalue weighted by molar-refractivity contribution is -0.128. The van der Waals surface area contributed by atoms with E-state index < -0.39 is 18.2 Å². The summed E-state index contributed by atoms with van der Waals surface area (Å²) in [5, 5.41) is 14.2. The number of hydrogen-bond donors (Lipinski definition) is 3. The smallest absolute Gasteiger partial charge is 0.248 e. The largest absolute Gasteiger partial charge is 0.384 e. The van der Waals surface area contributed by atoms with E-state index in [0.717, 1.165) is 0 Å². The maximum absolute atomic E-state index is 13.0. The Balaban J connectivity index is 2.22. The molecule has 0 spiro atoms. The maximum Gasteiger partial charge on any atom is 0.248 e. The summed E-state index contributed by atoms with van der Waals surface area (Å²) >= 11 is 0. The van der Waals surface area contributed by atoms with Crippen molar-refractivity contribution in [3.8, 4) is 0 Å². The topological polar surface area (TPSA) is 61.4 Å². The molecule has 1 aliphatic heterocycles. The molecule has 3 N–H and O–H groups in total. The standard InChI is InChI=1S/C8H15FN2O2/c1-5(12)8(13)11-3-6-2-10-4-7(6)9/h5-7,10,12H,2-4H2,1H3,(H,11,13). The second-order valence-electron chi connectivity index (χ2n) is 3.36.